The quantitative estimate of drug-likeness (QED) is 0.212. The van der Waals surface area contributed by atoms with E-state index in [2.05, 4.69) is 38.5 Å². The van der Waals surface area contributed by atoms with Crippen LogP contribution in [0.5, 0.6) is 0 Å². The fraction of sp³-hybridized carbons (Fsp3) is 0.696. The molecule has 2 heteroatoms. The van der Waals surface area contributed by atoms with Gasteiger partial charge in [-0.05, 0) is 32.2 Å². The Bertz CT molecular complexity index is 304. The summed E-state index contributed by atoms with van der Waals surface area (Å²) in [7, 11) is 0. The maximum Gasteiger partial charge on any atom is 0.0462 e. The third-order valence-corrected chi connectivity index (χ3v) is 4.64. The number of nitrogens with zero attached hydrogens (tertiary/aromatic N) is 1. The van der Waals surface area contributed by atoms with Crippen LogP contribution < -0.4 is 5.32 Å². The Morgan fingerprint density at radius 2 is 1.08 bits per heavy atom. The Hall–Kier alpha value is -1.33. The van der Waals surface area contributed by atoms with Crippen molar-refractivity contribution in [3.63, 3.8) is 0 Å². The molecular weight excluding hydrogens is 304 g/mol. The maximum absolute atomic E-state index is 6.50. The van der Waals surface area contributed by atoms with Gasteiger partial charge in [0.15, 0.2) is 0 Å². The largest absolute Gasteiger partial charge is 0.310 e. The predicted molar refractivity (Wildman–Crippen MR) is 114 cm³/mol. The van der Waals surface area contributed by atoms with E-state index in [0.29, 0.717) is 0 Å². The molecule has 0 aromatic carbocycles. The minimum Gasteiger partial charge on any atom is -0.310 e. The van der Waals surface area contributed by atoms with Crippen LogP contribution in [0.1, 0.15) is 90.4 Å². The van der Waals surface area contributed by atoms with Crippen LogP contribution in [0.15, 0.2) is 38.0 Å². The summed E-state index contributed by atoms with van der Waals surface area (Å²) in [4.78, 5) is 0. The van der Waals surface area contributed by atoms with E-state index in [4.69, 9.17) is 5.26 Å². The smallest absolute Gasteiger partial charge is 0.0462 e. The Morgan fingerprint density at radius 1 is 0.720 bits per heavy atom. The highest BCUT2D eigenvalue weighted by molar-refractivity contribution is 5.01. The SMILES string of the molecule is C#N.C=CCC(CC=C)(CC=C)NCCCCCCCCCCCC. The summed E-state index contributed by atoms with van der Waals surface area (Å²) >= 11 is 0. The van der Waals surface area contributed by atoms with Crippen molar-refractivity contribution in [1.29, 1.82) is 5.26 Å². The highest BCUT2D eigenvalue weighted by atomic mass is 15.0. The molecule has 0 spiro atoms. The molecular formula is C23H42N2. The molecule has 2 nitrogen and oxygen atoms in total. The fourth-order valence-corrected chi connectivity index (χ4v) is 3.26. The number of nitrogens with one attached hydrogen (secondary N) is 1. The molecule has 0 saturated carbocycles. The standard InChI is InChI=1S/C22H41N.CHN/c1-5-9-10-11-12-13-14-15-16-17-21-23-22(18-6-2,19-7-3)20-8-4;1-2/h6-8,23H,2-5,9-21H2,1H3;1H. The van der Waals surface area contributed by atoms with Crippen LogP contribution in [-0.4, -0.2) is 12.1 Å². The predicted octanol–water partition coefficient (Wildman–Crippen LogP) is 7.10. The van der Waals surface area contributed by atoms with Gasteiger partial charge in [0, 0.05) is 12.1 Å². The number of unbranched alkanes of at least 4 members (excludes halogenated alkanes) is 9. The van der Waals surface area contributed by atoms with Crippen LogP contribution in [0.3, 0.4) is 0 Å². The topological polar surface area (TPSA) is 35.8 Å². The van der Waals surface area contributed by atoms with Crippen LogP contribution in [0.25, 0.3) is 0 Å². The van der Waals surface area contributed by atoms with Crippen molar-refractivity contribution in [2.75, 3.05) is 6.54 Å². The van der Waals surface area contributed by atoms with Crippen LogP contribution in [-0.2, 0) is 0 Å². The van der Waals surface area contributed by atoms with Crippen molar-refractivity contribution in [3.05, 3.63) is 38.0 Å². The molecule has 0 aliphatic heterocycles. The number of nitriles is 1. The van der Waals surface area contributed by atoms with Crippen molar-refractivity contribution in [3.8, 4) is 6.57 Å². The van der Waals surface area contributed by atoms with E-state index in [0.717, 1.165) is 25.8 Å². The van der Waals surface area contributed by atoms with Gasteiger partial charge in [0.05, 0.1) is 0 Å². The molecule has 0 saturated heterocycles. The van der Waals surface area contributed by atoms with Gasteiger partial charge < -0.3 is 5.32 Å². The van der Waals surface area contributed by atoms with Gasteiger partial charge in [0.2, 0.25) is 0 Å². The highest BCUT2D eigenvalue weighted by Gasteiger charge is 2.24. The highest BCUT2D eigenvalue weighted by Crippen LogP contribution is 2.22. The van der Waals surface area contributed by atoms with Crippen molar-refractivity contribution < 1.29 is 0 Å². The van der Waals surface area contributed by atoms with Gasteiger partial charge in [0.1, 0.15) is 0 Å². The lowest BCUT2D eigenvalue weighted by atomic mass is 9.87. The van der Waals surface area contributed by atoms with Crippen LogP contribution >= 0.6 is 0 Å². The van der Waals surface area contributed by atoms with E-state index in [-0.39, 0.29) is 5.54 Å². The summed E-state index contributed by atoms with van der Waals surface area (Å²) in [6.45, 7) is 18.6. The Balaban J connectivity index is 0. The second-order valence-corrected chi connectivity index (χ2v) is 6.87. The minimum atomic E-state index is 0.0878. The van der Waals surface area contributed by atoms with Crippen LogP contribution in [0, 0.1) is 11.8 Å². The first-order valence-electron chi connectivity index (χ1n) is 10.1. The average molecular weight is 347 g/mol. The summed E-state index contributed by atoms with van der Waals surface area (Å²) in [5.74, 6) is 0. The lowest BCUT2D eigenvalue weighted by Crippen LogP contribution is -2.44. The summed E-state index contributed by atoms with van der Waals surface area (Å²) in [5.41, 5.74) is 0.0878. The summed E-state index contributed by atoms with van der Waals surface area (Å²) in [5, 5.41) is 10.2. The molecule has 0 fully saturated rings. The van der Waals surface area contributed by atoms with Crippen molar-refractivity contribution in [1.82, 2.24) is 5.32 Å². The van der Waals surface area contributed by atoms with E-state index in [9.17, 15) is 0 Å². The second kappa shape index (κ2) is 20.7. The van der Waals surface area contributed by atoms with Gasteiger partial charge in [-0.3, -0.25) is 0 Å². The third-order valence-electron chi connectivity index (χ3n) is 4.64. The minimum absolute atomic E-state index is 0.0878. The van der Waals surface area contributed by atoms with E-state index in [1.165, 1.54) is 64.2 Å². The molecule has 0 aromatic rings. The number of hydrogen-bond donors (Lipinski definition) is 1. The molecule has 0 aliphatic carbocycles. The lowest BCUT2D eigenvalue weighted by Gasteiger charge is -2.32. The molecule has 0 radical (unpaired) electrons. The third kappa shape index (κ3) is 15.9. The summed E-state index contributed by atoms with van der Waals surface area (Å²) in [6, 6.07) is 0. The number of hydrogen-bond acceptors (Lipinski definition) is 2. The monoisotopic (exact) mass is 346 g/mol. The molecule has 0 aliphatic rings. The van der Waals surface area contributed by atoms with Crippen LogP contribution in [0.2, 0.25) is 0 Å². The Morgan fingerprint density at radius 3 is 1.44 bits per heavy atom. The lowest BCUT2D eigenvalue weighted by molar-refractivity contribution is 0.328. The molecule has 0 rings (SSSR count). The van der Waals surface area contributed by atoms with Crippen molar-refractivity contribution in [2.45, 2.75) is 95.9 Å². The Kier molecular flexibility index (Phi) is 21.5. The normalized spacial score (nSPS) is 10.5. The first-order valence-corrected chi connectivity index (χ1v) is 10.1. The zero-order valence-corrected chi connectivity index (χ0v) is 16.8. The van der Waals surface area contributed by atoms with E-state index in [1.807, 2.05) is 18.2 Å². The van der Waals surface area contributed by atoms with E-state index in [1.54, 1.807) is 0 Å². The summed E-state index contributed by atoms with van der Waals surface area (Å²) in [6.07, 6.45) is 22.8. The molecule has 0 bridgehead atoms. The molecule has 1 N–H and O–H groups in total. The zero-order valence-electron chi connectivity index (χ0n) is 16.8. The first-order chi connectivity index (χ1) is 12.2. The van der Waals surface area contributed by atoms with Gasteiger partial charge in [-0.25, -0.2) is 5.26 Å². The summed E-state index contributed by atoms with van der Waals surface area (Å²) < 4.78 is 0. The first kappa shape index (κ1) is 25.9. The molecule has 0 amide bonds. The average Bonchev–Trinajstić information content (AvgIpc) is 2.62. The molecule has 0 unspecified atom stereocenters. The molecule has 144 valence electrons. The molecule has 0 heterocycles. The van der Waals surface area contributed by atoms with Gasteiger partial charge in [0.25, 0.3) is 0 Å². The molecule has 25 heavy (non-hydrogen) atoms. The van der Waals surface area contributed by atoms with E-state index >= 15 is 0 Å². The van der Waals surface area contributed by atoms with Gasteiger partial charge in [-0.1, -0.05) is 82.9 Å². The number of rotatable bonds is 18. The van der Waals surface area contributed by atoms with E-state index < -0.39 is 0 Å². The van der Waals surface area contributed by atoms with Gasteiger partial charge in [-0.15, -0.1) is 19.7 Å². The zero-order chi connectivity index (χ0) is 19.2. The maximum atomic E-state index is 6.50. The van der Waals surface area contributed by atoms with Crippen molar-refractivity contribution in [2.24, 2.45) is 0 Å². The van der Waals surface area contributed by atoms with Crippen molar-refractivity contribution >= 4 is 0 Å². The van der Waals surface area contributed by atoms with Gasteiger partial charge >= 0.3 is 0 Å². The second-order valence-electron chi connectivity index (χ2n) is 6.87. The molecule has 0 atom stereocenters. The van der Waals surface area contributed by atoms with Crippen LogP contribution in [0.4, 0.5) is 0 Å². The fourth-order valence-electron chi connectivity index (χ4n) is 3.26. The molecule has 0 aromatic heterocycles. The van der Waals surface area contributed by atoms with Gasteiger partial charge in [-0.2, -0.15) is 0 Å². The Labute approximate surface area is 158 Å².